The summed E-state index contributed by atoms with van der Waals surface area (Å²) >= 11 is 0. The fraction of sp³-hybridized carbons (Fsp3) is 0.417. The first-order valence-electron chi connectivity index (χ1n) is 5.17. The van der Waals surface area contributed by atoms with Crippen LogP contribution >= 0.6 is 0 Å². The number of benzene rings is 1. The zero-order chi connectivity index (χ0) is 10.7. The van der Waals surface area contributed by atoms with Gasteiger partial charge in [0.15, 0.2) is 6.29 Å². The van der Waals surface area contributed by atoms with E-state index in [1.807, 2.05) is 0 Å². The van der Waals surface area contributed by atoms with E-state index in [4.69, 9.17) is 4.74 Å². The molecule has 15 heavy (non-hydrogen) atoms. The molecule has 0 amide bonds. The van der Waals surface area contributed by atoms with Crippen LogP contribution in [0.5, 0.6) is 5.75 Å². The SMILES string of the molecule is O=Cc1cc(F)ccc1OCCC1CC1. The largest absolute Gasteiger partial charge is 0.493 e. The van der Waals surface area contributed by atoms with Crippen molar-refractivity contribution >= 4 is 6.29 Å². The molecule has 0 bridgehead atoms. The molecule has 0 atom stereocenters. The zero-order valence-electron chi connectivity index (χ0n) is 8.41. The lowest BCUT2D eigenvalue weighted by atomic mass is 10.2. The van der Waals surface area contributed by atoms with Crippen LogP contribution < -0.4 is 4.74 Å². The molecule has 0 unspecified atom stereocenters. The summed E-state index contributed by atoms with van der Waals surface area (Å²) in [6.45, 7) is 0.608. The lowest BCUT2D eigenvalue weighted by Gasteiger charge is -2.07. The van der Waals surface area contributed by atoms with Gasteiger partial charge in [0.05, 0.1) is 12.2 Å². The van der Waals surface area contributed by atoms with E-state index < -0.39 is 5.82 Å². The van der Waals surface area contributed by atoms with Crippen molar-refractivity contribution in [2.75, 3.05) is 6.61 Å². The van der Waals surface area contributed by atoms with Crippen molar-refractivity contribution in [2.45, 2.75) is 19.3 Å². The minimum absolute atomic E-state index is 0.283. The lowest BCUT2D eigenvalue weighted by Crippen LogP contribution is -2.01. The van der Waals surface area contributed by atoms with E-state index in [-0.39, 0.29) is 5.56 Å². The van der Waals surface area contributed by atoms with Crippen LogP contribution in [0.15, 0.2) is 18.2 Å². The van der Waals surface area contributed by atoms with Gasteiger partial charge in [-0.25, -0.2) is 4.39 Å². The minimum atomic E-state index is -0.411. The minimum Gasteiger partial charge on any atom is -0.493 e. The van der Waals surface area contributed by atoms with Gasteiger partial charge in [-0.2, -0.15) is 0 Å². The van der Waals surface area contributed by atoms with Crippen LogP contribution in [0.25, 0.3) is 0 Å². The Hall–Kier alpha value is -1.38. The third kappa shape index (κ3) is 2.78. The van der Waals surface area contributed by atoms with Crippen molar-refractivity contribution in [1.82, 2.24) is 0 Å². The molecule has 0 radical (unpaired) electrons. The fourth-order valence-corrected chi connectivity index (χ4v) is 1.48. The van der Waals surface area contributed by atoms with Crippen molar-refractivity contribution in [3.63, 3.8) is 0 Å². The Bertz CT molecular complexity index is 359. The molecule has 1 fully saturated rings. The Kier molecular flexibility index (Phi) is 2.99. The molecule has 0 N–H and O–H groups in total. The molecule has 1 saturated carbocycles. The van der Waals surface area contributed by atoms with E-state index in [1.165, 1.54) is 31.0 Å². The van der Waals surface area contributed by atoms with Crippen LogP contribution in [0.1, 0.15) is 29.6 Å². The van der Waals surface area contributed by atoms with Gasteiger partial charge in [0.1, 0.15) is 11.6 Å². The van der Waals surface area contributed by atoms with Crippen LogP contribution in [0.2, 0.25) is 0 Å². The maximum Gasteiger partial charge on any atom is 0.153 e. The molecule has 0 heterocycles. The van der Waals surface area contributed by atoms with Crippen LogP contribution in [-0.2, 0) is 0 Å². The topological polar surface area (TPSA) is 26.3 Å². The summed E-state index contributed by atoms with van der Waals surface area (Å²) < 4.78 is 18.2. The summed E-state index contributed by atoms with van der Waals surface area (Å²) in [5.74, 6) is 0.865. The summed E-state index contributed by atoms with van der Waals surface area (Å²) in [5, 5.41) is 0. The number of ether oxygens (including phenoxy) is 1. The van der Waals surface area contributed by atoms with E-state index in [9.17, 15) is 9.18 Å². The highest BCUT2D eigenvalue weighted by molar-refractivity contribution is 5.79. The van der Waals surface area contributed by atoms with Crippen LogP contribution in [0, 0.1) is 11.7 Å². The maximum atomic E-state index is 12.8. The standard InChI is InChI=1S/C12H13FO2/c13-11-3-4-12(10(7-11)8-14)15-6-5-9-1-2-9/h3-4,7-9H,1-2,5-6H2. The molecule has 1 aliphatic rings. The van der Waals surface area contributed by atoms with Crippen molar-refractivity contribution in [1.29, 1.82) is 0 Å². The monoisotopic (exact) mass is 208 g/mol. The van der Waals surface area contributed by atoms with Gasteiger partial charge in [-0.05, 0) is 30.5 Å². The zero-order valence-corrected chi connectivity index (χ0v) is 8.41. The Morgan fingerprint density at radius 2 is 2.27 bits per heavy atom. The van der Waals surface area contributed by atoms with E-state index in [2.05, 4.69) is 0 Å². The summed E-state index contributed by atoms with van der Waals surface area (Å²) in [4.78, 5) is 10.6. The average Bonchev–Trinajstić information content (AvgIpc) is 3.04. The number of carbonyl (C=O) groups is 1. The van der Waals surface area contributed by atoms with Crippen molar-refractivity contribution < 1.29 is 13.9 Å². The van der Waals surface area contributed by atoms with Gasteiger partial charge in [0, 0.05) is 0 Å². The third-order valence-corrected chi connectivity index (χ3v) is 2.58. The Labute approximate surface area is 88.1 Å². The van der Waals surface area contributed by atoms with E-state index in [1.54, 1.807) is 0 Å². The van der Waals surface area contributed by atoms with Crippen LogP contribution in [0.3, 0.4) is 0 Å². The van der Waals surface area contributed by atoms with Crippen molar-refractivity contribution in [3.8, 4) is 5.75 Å². The molecule has 3 heteroatoms. The van der Waals surface area contributed by atoms with E-state index in [0.717, 1.165) is 12.3 Å². The predicted octanol–water partition coefficient (Wildman–Crippen LogP) is 2.82. The van der Waals surface area contributed by atoms with Gasteiger partial charge in [-0.3, -0.25) is 4.79 Å². The molecule has 1 aromatic rings. The Morgan fingerprint density at radius 1 is 1.47 bits per heavy atom. The first-order chi connectivity index (χ1) is 7.29. The van der Waals surface area contributed by atoms with Crippen molar-refractivity contribution in [2.24, 2.45) is 5.92 Å². The highest BCUT2D eigenvalue weighted by Crippen LogP contribution is 2.32. The normalized spacial score (nSPS) is 15.0. The second-order valence-corrected chi connectivity index (χ2v) is 3.88. The molecular weight excluding hydrogens is 195 g/mol. The molecule has 1 aromatic carbocycles. The number of hydrogen-bond donors (Lipinski definition) is 0. The van der Waals surface area contributed by atoms with Crippen molar-refractivity contribution in [3.05, 3.63) is 29.6 Å². The van der Waals surface area contributed by atoms with Gasteiger partial charge in [0.25, 0.3) is 0 Å². The first-order valence-corrected chi connectivity index (χ1v) is 5.17. The number of aldehydes is 1. The summed E-state index contributed by atoms with van der Waals surface area (Å²) in [6.07, 6.45) is 4.21. The number of halogens is 1. The highest BCUT2D eigenvalue weighted by atomic mass is 19.1. The number of rotatable bonds is 5. The molecule has 2 rings (SSSR count). The van der Waals surface area contributed by atoms with Gasteiger partial charge >= 0.3 is 0 Å². The van der Waals surface area contributed by atoms with Gasteiger partial charge in [-0.15, -0.1) is 0 Å². The molecule has 0 spiro atoms. The van der Waals surface area contributed by atoms with E-state index >= 15 is 0 Å². The number of carbonyl (C=O) groups excluding carboxylic acids is 1. The Balaban J connectivity index is 1.95. The van der Waals surface area contributed by atoms with Gasteiger partial charge < -0.3 is 4.74 Å². The maximum absolute atomic E-state index is 12.8. The molecule has 0 aliphatic heterocycles. The quantitative estimate of drug-likeness (QED) is 0.695. The molecule has 80 valence electrons. The molecule has 2 nitrogen and oxygen atoms in total. The van der Waals surface area contributed by atoms with Gasteiger partial charge in [0.2, 0.25) is 0 Å². The lowest BCUT2D eigenvalue weighted by molar-refractivity contribution is 0.111. The Morgan fingerprint density at radius 3 is 2.93 bits per heavy atom. The van der Waals surface area contributed by atoms with Crippen LogP contribution in [-0.4, -0.2) is 12.9 Å². The summed E-state index contributed by atoms with van der Waals surface area (Å²) in [6, 6.07) is 4.00. The predicted molar refractivity (Wildman–Crippen MR) is 54.6 cm³/mol. The van der Waals surface area contributed by atoms with E-state index in [0.29, 0.717) is 18.6 Å². The molecule has 0 aromatic heterocycles. The second-order valence-electron chi connectivity index (χ2n) is 3.88. The first kappa shape index (κ1) is 10.1. The molecular formula is C12H13FO2. The summed E-state index contributed by atoms with van der Waals surface area (Å²) in [7, 11) is 0. The number of hydrogen-bond acceptors (Lipinski definition) is 2. The summed E-state index contributed by atoms with van der Waals surface area (Å²) in [5.41, 5.74) is 0.283. The fourth-order valence-electron chi connectivity index (χ4n) is 1.48. The molecule has 1 aliphatic carbocycles. The smallest absolute Gasteiger partial charge is 0.153 e. The van der Waals surface area contributed by atoms with Gasteiger partial charge in [-0.1, -0.05) is 12.8 Å². The second kappa shape index (κ2) is 4.43. The third-order valence-electron chi connectivity index (χ3n) is 2.58. The highest BCUT2D eigenvalue weighted by Gasteiger charge is 2.20. The molecule has 0 saturated heterocycles. The average molecular weight is 208 g/mol. The van der Waals surface area contributed by atoms with Crippen LogP contribution in [0.4, 0.5) is 4.39 Å².